The smallest absolute Gasteiger partial charge is 0.411 e. The summed E-state index contributed by atoms with van der Waals surface area (Å²) >= 11 is 9.51. The van der Waals surface area contributed by atoms with E-state index in [1.807, 2.05) is 18.7 Å². The molecule has 50 valence electrons. The molecule has 0 fully saturated rings. The number of rotatable bonds is 2. The van der Waals surface area contributed by atoms with Crippen molar-refractivity contribution in [2.75, 3.05) is 13.1 Å². The molecule has 0 aromatic carbocycles. The second-order valence-corrected chi connectivity index (χ2v) is 2.47. The summed E-state index contributed by atoms with van der Waals surface area (Å²) in [5.41, 5.74) is 0. The molecule has 0 heterocycles. The van der Waals surface area contributed by atoms with E-state index in [4.69, 9.17) is 24.8 Å². The molecule has 2 radical (unpaired) electrons. The zero-order valence-corrected chi connectivity index (χ0v) is 10.7. The van der Waals surface area contributed by atoms with Crippen molar-refractivity contribution in [3.8, 4) is 0 Å². The Morgan fingerprint density at radius 3 is 1.78 bits per heavy atom. The molecule has 0 rings (SSSR count). The van der Waals surface area contributed by atoms with E-state index in [1.165, 1.54) is 0 Å². The first-order chi connectivity index (χ1) is 3.72. The molecule has 0 amide bonds. The van der Waals surface area contributed by atoms with Crippen molar-refractivity contribution < 1.29 is 0 Å². The minimum absolute atomic E-state index is 0. The average Bonchev–Trinajstić information content (AvgIpc) is 1.69. The maximum absolute atomic E-state index is 4.76. The fourth-order valence-corrected chi connectivity index (χ4v) is 0.998. The molecule has 9 heavy (non-hydrogen) atoms. The largest absolute Gasteiger partial charge is 3.00 e. The van der Waals surface area contributed by atoms with E-state index in [9.17, 15) is 0 Å². The fraction of sp³-hybridized carbons (Fsp3) is 0.800. The summed E-state index contributed by atoms with van der Waals surface area (Å²) in [6.45, 7) is 5.95. The minimum Gasteiger partial charge on any atom is -0.411 e. The summed E-state index contributed by atoms with van der Waals surface area (Å²) in [4.78, 5) is 1.96. The molecule has 0 aromatic rings. The average molecular weight is 357 g/mol. The van der Waals surface area contributed by atoms with Crippen LogP contribution in [-0.2, 0) is 12.6 Å². The van der Waals surface area contributed by atoms with Gasteiger partial charge in [0.05, 0.1) is 0 Å². The van der Waals surface area contributed by atoms with Crippen LogP contribution >= 0.6 is 12.2 Å². The van der Waals surface area contributed by atoms with Crippen molar-refractivity contribution in [1.82, 2.24) is 4.90 Å². The summed E-state index contributed by atoms with van der Waals surface area (Å²) in [7, 11) is 0. The SMILES string of the molecule is CCN(CC)C(=S)[S-].[Bi+3]. The Bertz CT molecular complexity index is 83.0. The van der Waals surface area contributed by atoms with Gasteiger partial charge in [-0.3, -0.25) is 0 Å². The quantitative estimate of drug-likeness (QED) is 0.409. The third-order valence-corrected chi connectivity index (χ3v) is 1.54. The molecule has 0 aromatic heterocycles. The predicted molar refractivity (Wildman–Crippen MR) is 48.6 cm³/mol. The summed E-state index contributed by atoms with van der Waals surface area (Å²) in [6.07, 6.45) is 0. The van der Waals surface area contributed by atoms with Crippen LogP contribution in [0.15, 0.2) is 0 Å². The zero-order valence-electron chi connectivity index (χ0n) is 5.63. The van der Waals surface area contributed by atoms with Gasteiger partial charge in [-0.05, 0) is 13.8 Å². The molecule has 0 bridgehead atoms. The molecule has 0 saturated carbocycles. The van der Waals surface area contributed by atoms with E-state index in [0.717, 1.165) is 13.1 Å². The molecule has 0 aliphatic rings. The first kappa shape index (κ1) is 12.6. The third-order valence-electron chi connectivity index (χ3n) is 1.02. The van der Waals surface area contributed by atoms with Crippen LogP contribution in [-0.4, -0.2) is 48.5 Å². The van der Waals surface area contributed by atoms with E-state index >= 15 is 0 Å². The first-order valence-corrected chi connectivity index (χ1v) is 3.50. The second-order valence-electron chi connectivity index (χ2n) is 1.44. The third kappa shape index (κ3) is 5.44. The van der Waals surface area contributed by atoms with Gasteiger partial charge in [0.2, 0.25) is 0 Å². The van der Waals surface area contributed by atoms with Crippen molar-refractivity contribution in [2.45, 2.75) is 13.8 Å². The van der Waals surface area contributed by atoms with Gasteiger partial charge in [-0.25, -0.2) is 0 Å². The van der Waals surface area contributed by atoms with Gasteiger partial charge in [0.25, 0.3) is 0 Å². The maximum Gasteiger partial charge on any atom is 3.00 e. The molecule has 0 atom stereocenters. The van der Waals surface area contributed by atoms with Crippen LogP contribution in [0.1, 0.15) is 13.8 Å². The Morgan fingerprint density at radius 1 is 1.44 bits per heavy atom. The summed E-state index contributed by atoms with van der Waals surface area (Å²) in [6, 6.07) is 0. The maximum atomic E-state index is 4.76. The van der Waals surface area contributed by atoms with E-state index in [1.54, 1.807) is 0 Å². The molecule has 0 N–H and O–H groups in total. The normalized spacial score (nSPS) is 7.78. The Labute approximate surface area is 86.7 Å². The van der Waals surface area contributed by atoms with Gasteiger partial charge < -0.3 is 29.7 Å². The van der Waals surface area contributed by atoms with Crippen molar-refractivity contribution in [1.29, 1.82) is 0 Å². The molecule has 4 heteroatoms. The zero-order chi connectivity index (χ0) is 6.57. The van der Waals surface area contributed by atoms with E-state index < -0.39 is 0 Å². The van der Waals surface area contributed by atoms with Crippen molar-refractivity contribution >= 4 is 55.4 Å². The number of thiocarbonyl (C=S) groups is 1. The Balaban J connectivity index is 0. The molecule has 0 aliphatic heterocycles. The van der Waals surface area contributed by atoms with Crippen LogP contribution in [0.25, 0.3) is 0 Å². The molecule has 0 aliphatic carbocycles. The van der Waals surface area contributed by atoms with E-state index in [2.05, 4.69) is 0 Å². The number of nitrogens with zero attached hydrogens (tertiary/aromatic N) is 1. The first-order valence-electron chi connectivity index (χ1n) is 2.68. The molecular formula is C5H10BiNS2+2. The van der Waals surface area contributed by atoms with Gasteiger partial charge in [-0.2, -0.15) is 0 Å². The molecule has 0 unspecified atom stereocenters. The van der Waals surface area contributed by atoms with Gasteiger partial charge in [0.1, 0.15) is 0 Å². The summed E-state index contributed by atoms with van der Waals surface area (Å²) < 4.78 is 0.579. The number of hydrogen-bond donors (Lipinski definition) is 0. The molecule has 0 saturated heterocycles. The minimum atomic E-state index is 0. The molecule has 1 nitrogen and oxygen atoms in total. The monoisotopic (exact) mass is 357 g/mol. The molecule has 0 spiro atoms. The topological polar surface area (TPSA) is 3.24 Å². The van der Waals surface area contributed by atoms with Crippen molar-refractivity contribution in [2.24, 2.45) is 0 Å². The summed E-state index contributed by atoms with van der Waals surface area (Å²) in [5.74, 6) is 0. The van der Waals surface area contributed by atoms with E-state index in [-0.39, 0.29) is 26.2 Å². The van der Waals surface area contributed by atoms with Crippen LogP contribution in [0.5, 0.6) is 0 Å². The Morgan fingerprint density at radius 2 is 1.78 bits per heavy atom. The van der Waals surface area contributed by atoms with Crippen molar-refractivity contribution in [3.63, 3.8) is 0 Å². The second kappa shape index (κ2) is 7.10. The Hall–Kier alpha value is 0.993. The standard InChI is InChI=1S/C5H11NS2.Bi/c1-3-6(4-2)5(7)8;/h3-4H2,1-2H3,(H,7,8);/q;+3/p-1. The van der Waals surface area contributed by atoms with Crippen molar-refractivity contribution in [3.05, 3.63) is 0 Å². The van der Waals surface area contributed by atoms with Crippen LogP contribution in [0.3, 0.4) is 0 Å². The van der Waals surface area contributed by atoms with E-state index in [0.29, 0.717) is 4.32 Å². The Kier molecular flexibility index (Phi) is 9.99. The van der Waals surface area contributed by atoms with Gasteiger partial charge in [0, 0.05) is 13.1 Å². The summed E-state index contributed by atoms with van der Waals surface area (Å²) in [5, 5.41) is 0. The van der Waals surface area contributed by atoms with Crippen LogP contribution in [0.4, 0.5) is 0 Å². The predicted octanol–water partition coefficient (Wildman–Crippen LogP) is 0.779. The van der Waals surface area contributed by atoms with Gasteiger partial charge >= 0.3 is 26.2 Å². The fourth-order valence-electron chi connectivity index (χ4n) is 0.482. The van der Waals surface area contributed by atoms with Gasteiger partial charge in [-0.1, -0.05) is 4.32 Å². The number of hydrogen-bond acceptors (Lipinski definition) is 2. The van der Waals surface area contributed by atoms with Gasteiger partial charge in [-0.15, -0.1) is 0 Å². The molecular weight excluding hydrogens is 347 g/mol. The van der Waals surface area contributed by atoms with Gasteiger partial charge in [0.15, 0.2) is 0 Å². The van der Waals surface area contributed by atoms with Crippen LogP contribution in [0, 0.1) is 0 Å². The van der Waals surface area contributed by atoms with Crippen LogP contribution < -0.4 is 0 Å². The van der Waals surface area contributed by atoms with Crippen LogP contribution in [0.2, 0.25) is 0 Å².